The molecule has 0 saturated carbocycles. The Morgan fingerprint density at radius 2 is 1.95 bits per heavy atom. The molecule has 1 aromatic carbocycles. The van der Waals surface area contributed by atoms with E-state index in [-0.39, 0.29) is 0 Å². The molecule has 0 atom stereocenters. The summed E-state index contributed by atoms with van der Waals surface area (Å²) in [6.45, 7) is 7.51. The Kier molecular flexibility index (Phi) is 8.92. The van der Waals surface area contributed by atoms with Gasteiger partial charge < -0.3 is 10.5 Å². The summed E-state index contributed by atoms with van der Waals surface area (Å²) in [5, 5.41) is 0. The molecule has 3 nitrogen and oxygen atoms in total. The van der Waals surface area contributed by atoms with E-state index >= 15 is 0 Å². The number of pyridine rings is 1. The molecule has 1 heterocycles. The molecule has 0 aliphatic carbocycles. The molecule has 0 unspecified atom stereocenters. The number of hydrogen-bond acceptors (Lipinski definition) is 3. The monoisotopic (exact) mass is 300 g/mol. The molecular formula is C19H28N2O. The lowest BCUT2D eigenvalue weighted by Gasteiger charge is -2.11. The van der Waals surface area contributed by atoms with Gasteiger partial charge in [0.05, 0.1) is 6.61 Å². The van der Waals surface area contributed by atoms with Crippen LogP contribution in [-0.2, 0) is 6.42 Å². The van der Waals surface area contributed by atoms with Crippen LogP contribution in [0.4, 0.5) is 0 Å². The average Bonchev–Trinajstić information content (AvgIpc) is 2.58. The minimum atomic E-state index is 0.657. The van der Waals surface area contributed by atoms with Crippen molar-refractivity contribution in [2.24, 2.45) is 5.73 Å². The Balaban J connectivity index is 0.00000116. The molecule has 1 aromatic heterocycles. The number of benzene rings is 1. The summed E-state index contributed by atoms with van der Waals surface area (Å²) in [7, 11) is 0. The van der Waals surface area contributed by atoms with Crippen molar-refractivity contribution in [1.29, 1.82) is 0 Å². The van der Waals surface area contributed by atoms with Crippen molar-refractivity contribution in [1.82, 2.24) is 4.98 Å². The van der Waals surface area contributed by atoms with Crippen molar-refractivity contribution >= 4 is 0 Å². The number of hydrogen-bond donors (Lipinski definition) is 1. The maximum atomic E-state index is 5.80. The molecule has 3 heteroatoms. The topological polar surface area (TPSA) is 48.1 Å². The zero-order valence-corrected chi connectivity index (χ0v) is 14.0. The van der Waals surface area contributed by atoms with Crippen LogP contribution in [0.2, 0.25) is 0 Å². The van der Waals surface area contributed by atoms with E-state index in [4.69, 9.17) is 10.5 Å². The summed E-state index contributed by atoms with van der Waals surface area (Å²) in [6, 6.07) is 10.4. The second-order valence-electron chi connectivity index (χ2n) is 4.85. The number of ether oxygens (including phenoxy) is 1. The fourth-order valence-electron chi connectivity index (χ4n) is 2.15. The molecule has 0 saturated heterocycles. The summed E-state index contributed by atoms with van der Waals surface area (Å²) >= 11 is 0. The standard InChI is InChI=1S/C17H22N2O.C2H6/c1-2-5-14-10-16(15-6-3-8-19-13-15)12-17(11-14)20-9-4-7-18;1-2/h3,6,8,10-13H,2,4-5,7,9,18H2,1H3;1-2H3. The normalized spacial score (nSPS) is 9.82. The van der Waals surface area contributed by atoms with Gasteiger partial charge in [-0.3, -0.25) is 4.98 Å². The highest BCUT2D eigenvalue weighted by molar-refractivity contribution is 5.65. The van der Waals surface area contributed by atoms with Gasteiger partial charge in [-0.2, -0.15) is 0 Å². The summed E-state index contributed by atoms with van der Waals surface area (Å²) in [5.41, 5.74) is 9.08. The molecule has 0 amide bonds. The molecule has 22 heavy (non-hydrogen) atoms. The highest BCUT2D eigenvalue weighted by atomic mass is 16.5. The molecule has 2 N–H and O–H groups in total. The fourth-order valence-corrected chi connectivity index (χ4v) is 2.15. The Hall–Kier alpha value is -1.87. The van der Waals surface area contributed by atoms with Crippen LogP contribution in [-0.4, -0.2) is 18.1 Å². The molecule has 0 spiro atoms. The van der Waals surface area contributed by atoms with Crippen LogP contribution >= 0.6 is 0 Å². The first-order valence-electron chi connectivity index (χ1n) is 8.20. The van der Waals surface area contributed by atoms with E-state index in [1.54, 1.807) is 6.20 Å². The van der Waals surface area contributed by atoms with E-state index in [2.05, 4.69) is 36.2 Å². The Labute approximate surface area is 134 Å². The second kappa shape index (κ2) is 10.8. The van der Waals surface area contributed by atoms with Gasteiger partial charge in [-0.15, -0.1) is 0 Å². The molecule has 2 aromatic rings. The number of nitrogens with two attached hydrogens (primary N) is 1. The molecule has 0 bridgehead atoms. The van der Waals surface area contributed by atoms with Gasteiger partial charge in [0.15, 0.2) is 0 Å². The maximum Gasteiger partial charge on any atom is 0.120 e. The summed E-state index contributed by atoms with van der Waals surface area (Å²) in [5.74, 6) is 0.920. The van der Waals surface area contributed by atoms with E-state index in [0.717, 1.165) is 36.1 Å². The second-order valence-corrected chi connectivity index (χ2v) is 4.85. The largest absolute Gasteiger partial charge is 0.494 e. The van der Waals surface area contributed by atoms with Gasteiger partial charge in [-0.1, -0.05) is 39.3 Å². The minimum absolute atomic E-state index is 0.657. The summed E-state index contributed by atoms with van der Waals surface area (Å²) < 4.78 is 5.80. The van der Waals surface area contributed by atoms with Crippen LogP contribution in [0.15, 0.2) is 42.7 Å². The zero-order chi connectivity index (χ0) is 16.2. The van der Waals surface area contributed by atoms with Gasteiger partial charge in [0, 0.05) is 18.0 Å². The predicted octanol–water partition coefficient (Wildman–Crippen LogP) is 4.45. The van der Waals surface area contributed by atoms with E-state index in [9.17, 15) is 0 Å². The van der Waals surface area contributed by atoms with Gasteiger partial charge >= 0.3 is 0 Å². The number of rotatable bonds is 7. The lowest BCUT2D eigenvalue weighted by atomic mass is 10.0. The smallest absolute Gasteiger partial charge is 0.120 e. The van der Waals surface area contributed by atoms with Gasteiger partial charge in [0.1, 0.15) is 5.75 Å². The third-order valence-corrected chi connectivity index (χ3v) is 3.12. The predicted molar refractivity (Wildman–Crippen MR) is 94.2 cm³/mol. The van der Waals surface area contributed by atoms with Crippen LogP contribution in [0.25, 0.3) is 11.1 Å². The van der Waals surface area contributed by atoms with Crippen molar-refractivity contribution in [3.63, 3.8) is 0 Å². The maximum absolute atomic E-state index is 5.80. The highest BCUT2D eigenvalue weighted by Gasteiger charge is 2.04. The number of aryl methyl sites for hydroxylation is 1. The molecule has 2 rings (SSSR count). The molecular weight excluding hydrogens is 272 g/mol. The van der Waals surface area contributed by atoms with Crippen LogP contribution in [0.5, 0.6) is 5.75 Å². The van der Waals surface area contributed by atoms with E-state index in [0.29, 0.717) is 13.2 Å². The van der Waals surface area contributed by atoms with Crippen molar-refractivity contribution in [3.8, 4) is 16.9 Å². The van der Waals surface area contributed by atoms with E-state index in [1.165, 1.54) is 5.56 Å². The summed E-state index contributed by atoms with van der Waals surface area (Å²) in [6.07, 6.45) is 6.73. The quantitative estimate of drug-likeness (QED) is 0.768. The molecule has 0 fully saturated rings. The van der Waals surface area contributed by atoms with Gasteiger partial charge in [0.25, 0.3) is 0 Å². The SMILES string of the molecule is CC.CCCc1cc(OCCCN)cc(-c2cccnc2)c1. The van der Waals surface area contributed by atoms with Gasteiger partial charge in [0.2, 0.25) is 0 Å². The van der Waals surface area contributed by atoms with Crippen LogP contribution in [0, 0.1) is 0 Å². The fraction of sp³-hybridized carbons (Fsp3) is 0.421. The van der Waals surface area contributed by atoms with Crippen molar-refractivity contribution in [3.05, 3.63) is 48.3 Å². The number of aromatic nitrogens is 1. The van der Waals surface area contributed by atoms with Crippen molar-refractivity contribution in [2.75, 3.05) is 13.2 Å². The van der Waals surface area contributed by atoms with Crippen molar-refractivity contribution < 1.29 is 4.74 Å². The first kappa shape index (κ1) is 18.2. The average molecular weight is 300 g/mol. The molecule has 0 aliphatic rings. The van der Waals surface area contributed by atoms with Crippen LogP contribution in [0.3, 0.4) is 0 Å². The van der Waals surface area contributed by atoms with Crippen molar-refractivity contribution in [2.45, 2.75) is 40.0 Å². The lowest BCUT2D eigenvalue weighted by molar-refractivity contribution is 0.313. The third-order valence-electron chi connectivity index (χ3n) is 3.12. The molecule has 0 aliphatic heterocycles. The first-order chi connectivity index (χ1) is 10.8. The van der Waals surface area contributed by atoms with E-state index < -0.39 is 0 Å². The molecule has 0 radical (unpaired) electrons. The minimum Gasteiger partial charge on any atom is -0.494 e. The summed E-state index contributed by atoms with van der Waals surface area (Å²) in [4.78, 5) is 4.18. The number of nitrogens with zero attached hydrogens (tertiary/aromatic N) is 1. The van der Waals surface area contributed by atoms with Gasteiger partial charge in [-0.05, 0) is 48.7 Å². The Morgan fingerprint density at radius 1 is 1.14 bits per heavy atom. The first-order valence-corrected chi connectivity index (χ1v) is 8.20. The highest BCUT2D eigenvalue weighted by Crippen LogP contribution is 2.26. The van der Waals surface area contributed by atoms with Crippen LogP contribution in [0.1, 0.15) is 39.2 Å². The third kappa shape index (κ3) is 5.86. The van der Waals surface area contributed by atoms with E-state index in [1.807, 2.05) is 26.1 Å². The molecule has 120 valence electrons. The Morgan fingerprint density at radius 3 is 2.59 bits per heavy atom. The van der Waals surface area contributed by atoms with Crippen LogP contribution < -0.4 is 10.5 Å². The van der Waals surface area contributed by atoms with Gasteiger partial charge in [-0.25, -0.2) is 0 Å². The zero-order valence-electron chi connectivity index (χ0n) is 14.0. The lowest BCUT2D eigenvalue weighted by Crippen LogP contribution is -2.06. The Bertz CT molecular complexity index is 526.